The lowest BCUT2D eigenvalue weighted by Gasteiger charge is -2.28. The van der Waals surface area contributed by atoms with Crippen LogP contribution in [0.5, 0.6) is 0 Å². The quantitative estimate of drug-likeness (QED) is 0.753. The summed E-state index contributed by atoms with van der Waals surface area (Å²) in [7, 11) is 0. The molecular formula is C16H20O2. The molecule has 0 fully saturated rings. The van der Waals surface area contributed by atoms with Crippen LogP contribution in [0.15, 0.2) is 30.4 Å². The molecule has 0 bridgehead atoms. The molecule has 2 nitrogen and oxygen atoms in total. The molecule has 0 saturated carbocycles. The van der Waals surface area contributed by atoms with E-state index >= 15 is 0 Å². The summed E-state index contributed by atoms with van der Waals surface area (Å²) in [6.45, 7) is 6.30. The number of unbranched alkanes of at least 4 members (excludes halogenated alkanes) is 1. The Bertz CT molecular complexity index is 468. The monoisotopic (exact) mass is 244 g/mol. The minimum absolute atomic E-state index is 0.231. The van der Waals surface area contributed by atoms with Gasteiger partial charge >= 0.3 is 5.97 Å². The van der Waals surface area contributed by atoms with Crippen molar-refractivity contribution in [3.8, 4) is 0 Å². The van der Waals surface area contributed by atoms with Crippen LogP contribution in [0.25, 0.3) is 0 Å². The maximum atomic E-state index is 11.5. The van der Waals surface area contributed by atoms with E-state index < -0.39 is 5.60 Å². The number of aryl methyl sites for hydroxylation is 2. The molecule has 0 saturated heterocycles. The Labute approximate surface area is 109 Å². The molecule has 1 atom stereocenters. The number of rotatable bonds is 4. The molecule has 0 aromatic heterocycles. The second-order valence-electron chi connectivity index (χ2n) is 5.12. The minimum Gasteiger partial charge on any atom is -0.447 e. The summed E-state index contributed by atoms with van der Waals surface area (Å²) in [5, 5.41) is 0. The summed E-state index contributed by atoms with van der Waals surface area (Å²) in [6.07, 6.45) is 6.46. The van der Waals surface area contributed by atoms with Crippen molar-refractivity contribution in [3.05, 3.63) is 47.0 Å². The van der Waals surface area contributed by atoms with Gasteiger partial charge in [0.05, 0.1) is 0 Å². The molecule has 1 aromatic rings. The van der Waals surface area contributed by atoms with E-state index in [0.29, 0.717) is 0 Å². The number of carbonyl (C=O) groups excluding carboxylic acids is 1. The zero-order valence-corrected chi connectivity index (χ0v) is 11.3. The van der Waals surface area contributed by atoms with E-state index in [4.69, 9.17) is 4.74 Å². The molecule has 1 aliphatic rings. The van der Waals surface area contributed by atoms with Gasteiger partial charge < -0.3 is 4.74 Å². The average Bonchev–Trinajstić information content (AvgIpc) is 2.68. The first-order chi connectivity index (χ1) is 8.55. The number of hydrogen-bond donors (Lipinski definition) is 0. The second kappa shape index (κ2) is 4.97. The Morgan fingerprint density at radius 1 is 1.17 bits per heavy atom. The number of esters is 1. The molecule has 0 amide bonds. The van der Waals surface area contributed by atoms with Crippen molar-refractivity contribution >= 4 is 5.97 Å². The first-order valence-electron chi connectivity index (χ1n) is 6.57. The Hall–Kier alpha value is -1.57. The van der Waals surface area contributed by atoms with Gasteiger partial charge in [-0.1, -0.05) is 42.7 Å². The Morgan fingerprint density at radius 3 is 2.33 bits per heavy atom. The third-order valence-corrected chi connectivity index (χ3v) is 3.38. The van der Waals surface area contributed by atoms with Gasteiger partial charge in [0.15, 0.2) is 5.60 Å². The van der Waals surface area contributed by atoms with Crippen LogP contribution < -0.4 is 0 Å². The van der Waals surface area contributed by atoms with Crippen LogP contribution >= 0.6 is 0 Å². The largest absolute Gasteiger partial charge is 0.447 e. The molecule has 0 spiro atoms. The van der Waals surface area contributed by atoms with Gasteiger partial charge in [0, 0.05) is 6.08 Å². The van der Waals surface area contributed by atoms with Crippen LogP contribution in [0, 0.1) is 13.8 Å². The number of ether oxygens (including phenoxy) is 1. The SMILES string of the molecule is CCCCC1(c2cc(C)cc(C)c2)C=CC(=O)O1. The van der Waals surface area contributed by atoms with Gasteiger partial charge in [-0.05, 0) is 38.3 Å². The summed E-state index contributed by atoms with van der Waals surface area (Å²) in [6, 6.07) is 6.37. The van der Waals surface area contributed by atoms with Crippen LogP contribution in [0.3, 0.4) is 0 Å². The highest BCUT2D eigenvalue weighted by Crippen LogP contribution is 2.37. The summed E-state index contributed by atoms with van der Waals surface area (Å²) in [4.78, 5) is 11.5. The molecule has 96 valence electrons. The first kappa shape index (κ1) is 12.9. The molecule has 1 heterocycles. The predicted octanol–water partition coefficient (Wildman–Crippen LogP) is 3.80. The lowest BCUT2D eigenvalue weighted by molar-refractivity contribution is -0.147. The molecule has 1 aromatic carbocycles. The summed E-state index contributed by atoms with van der Waals surface area (Å²) >= 11 is 0. The third-order valence-electron chi connectivity index (χ3n) is 3.38. The van der Waals surface area contributed by atoms with Crippen LogP contribution in [-0.4, -0.2) is 5.97 Å². The summed E-state index contributed by atoms with van der Waals surface area (Å²) < 4.78 is 5.60. The van der Waals surface area contributed by atoms with Crippen molar-refractivity contribution in [1.29, 1.82) is 0 Å². The molecule has 2 rings (SSSR count). The maximum absolute atomic E-state index is 11.5. The van der Waals surface area contributed by atoms with Gasteiger partial charge in [0.25, 0.3) is 0 Å². The van der Waals surface area contributed by atoms with E-state index in [9.17, 15) is 4.79 Å². The second-order valence-corrected chi connectivity index (χ2v) is 5.12. The maximum Gasteiger partial charge on any atom is 0.331 e. The fourth-order valence-corrected chi connectivity index (χ4v) is 2.54. The van der Waals surface area contributed by atoms with E-state index in [1.54, 1.807) is 6.08 Å². The molecular weight excluding hydrogens is 224 g/mol. The zero-order valence-electron chi connectivity index (χ0n) is 11.3. The number of hydrogen-bond acceptors (Lipinski definition) is 2. The Kier molecular flexibility index (Phi) is 3.55. The first-order valence-corrected chi connectivity index (χ1v) is 6.57. The molecule has 1 unspecified atom stereocenters. The molecule has 0 N–H and O–H groups in total. The van der Waals surface area contributed by atoms with Crippen molar-refractivity contribution in [2.75, 3.05) is 0 Å². The van der Waals surface area contributed by atoms with E-state index in [1.165, 1.54) is 11.1 Å². The lowest BCUT2D eigenvalue weighted by atomic mass is 9.87. The lowest BCUT2D eigenvalue weighted by Crippen LogP contribution is -2.25. The molecule has 0 aliphatic carbocycles. The highest BCUT2D eigenvalue weighted by atomic mass is 16.6. The van der Waals surface area contributed by atoms with Gasteiger partial charge in [-0.2, -0.15) is 0 Å². The van der Waals surface area contributed by atoms with Gasteiger partial charge in [-0.3, -0.25) is 0 Å². The van der Waals surface area contributed by atoms with Gasteiger partial charge in [-0.15, -0.1) is 0 Å². The molecule has 0 radical (unpaired) electrons. The number of cyclic esters (lactones) is 1. The van der Waals surface area contributed by atoms with Crippen LogP contribution in [0.2, 0.25) is 0 Å². The third kappa shape index (κ3) is 2.47. The normalized spacial score (nSPS) is 22.3. The fraction of sp³-hybridized carbons (Fsp3) is 0.438. The highest BCUT2D eigenvalue weighted by molar-refractivity contribution is 5.85. The topological polar surface area (TPSA) is 26.3 Å². The Balaban J connectivity index is 2.40. The van der Waals surface area contributed by atoms with Crippen molar-refractivity contribution in [1.82, 2.24) is 0 Å². The fourth-order valence-electron chi connectivity index (χ4n) is 2.54. The number of benzene rings is 1. The zero-order chi connectivity index (χ0) is 13.2. The smallest absolute Gasteiger partial charge is 0.331 e. The average molecular weight is 244 g/mol. The van der Waals surface area contributed by atoms with Crippen molar-refractivity contribution < 1.29 is 9.53 Å². The predicted molar refractivity (Wildman–Crippen MR) is 72.4 cm³/mol. The van der Waals surface area contributed by atoms with Crippen molar-refractivity contribution in [3.63, 3.8) is 0 Å². The minimum atomic E-state index is -0.538. The summed E-state index contributed by atoms with van der Waals surface area (Å²) in [5.41, 5.74) is 2.97. The van der Waals surface area contributed by atoms with Crippen LogP contribution in [0.1, 0.15) is 42.9 Å². The van der Waals surface area contributed by atoms with Crippen LogP contribution in [0.4, 0.5) is 0 Å². The highest BCUT2D eigenvalue weighted by Gasteiger charge is 2.37. The van der Waals surface area contributed by atoms with Crippen molar-refractivity contribution in [2.45, 2.75) is 45.6 Å². The van der Waals surface area contributed by atoms with E-state index in [1.807, 2.05) is 6.08 Å². The van der Waals surface area contributed by atoms with E-state index in [2.05, 4.69) is 39.0 Å². The van der Waals surface area contributed by atoms with E-state index in [0.717, 1.165) is 24.8 Å². The number of carbonyl (C=O) groups is 1. The Morgan fingerprint density at radius 2 is 1.83 bits per heavy atom. The van der Waals surface area contributed by atoms with Crippen molar-refractivity contribution in [2.24, 2.45) is 0 Å². The van der Waals surface area contributed by atoms with Gasteiger partial charge in [0.2, 0.25) is 0 Å². The van der Waals surface area contributed by atoms with Gasteiger partial charge in [0.1, 0.15) is 0 Å². The summed E-state index contributed by atoms with van der Waals surface area (Å²) in [5.74, 6) is -0.231. The van der Waals surface area contributed by atoms with E-state index in [-0.39, 0.29) is 5.97 Å². The molecule has 1 aliphatic heterocycles. The van der Waals surface area contributed by atoms with Gasteiger partial charge in [-0.25, -0.2) is 4.79 Å². The molecule has 18 heavy (non-hydrogen) atoms. The molecule has 2 heteroatoms. The standard InChI is InChI=1S/C16H20O2/c1-4-5-7-16(8-6-15(17)18-16)14-10-12(2)9-13(3)11-14/h6,8-11H,4-5,7H2,1-3H3. The van der Waals surface area contributed by atoms with Crippen LogP contribution in [-0.2, 0) is 15.1 Å².